The fourth-order valence-electron chi connectivity index (χ4n) is 2.22. The van der Waals surface area contributed by atoms with Crippen LogP contribution in [0, 0.1) is 5.92 Å². The van der Waals surface area contributed by atoms with Crippen LogP contribution >= 0.6 is 0 Å². The maximum Gasteiger partial charge on any atom is 0.226 e. The Kier molecular flexibility index (Phi) is 4.93. The standard InChI is InChI=1S/C17H21N3O/c1-12(2)17(13-6-4-3-5-7-13)20-16(21)10-15-9-8-14(18)11-19-15/h3-9,11-12,17H,10,18H2,1-2H3,(H,20,21). The average molecular weight is 283 g/mol. The molecule has 21 heavy (non-hydrogen) atoms. The molecular weight excluding hydrogens is 262 g/mol. The van der Waals surface area contributed by atoms with E-state index in [2.05, 4.69) is 24.1 Å². The molecule has 0 aliphatic carbocycles. The van der Waals surface area contributed by atoms with Crippen LogP contribution in [-0.4, -0.2) is 10.9 Å². The summed E-state index contributed by atoms with van der Waals surface area (Å²) in [7, 11) is 0. The predicted octanol–water partition coefficient (Wildman–Crippen LogP) is 2.72. The lowest BCUT2D eigenvalue weighted by atomic mass is 9.96. The molecule has 0 aliphatic rings. The largest absolute Gasteiger partial charge is 0.397 e. The van der Waals surface area contributed by atoms with Crippen LogP contribution < -0.4 is 11.1 Å². The maximum atomic E-state index is 12.2. The van der Waals surface area contributed by atoms with E-state index in [0.717, 1.165) is 11.3 Å². The summed E-state index contributed by atoms with van der Waals surface area (Å²) in [5.74, 6) is 0.283. The van der Waals surface area contributed by atoms with Crippen LogP contribution in [-0.2, 0) is 11.2 Å². The number of benzene rings is 1. The number of aromatic nitrogens is 1. The van der Waals surface area contributed by atoms with Crippen molar-refractivity contribution in [2.24, 2.45) is 5.92 Å². The predicted molar refractivity (Wildman–Crippen MR) is 84.5 cm³/mol. The van der Waals surface area contributed by atoms with Crippen molar-refractivity contribution in [2.45, 2.75) is 26.3 Å². The zero-order valence-electron chi connectivity index (χ0n) is 12.4. The number of rotatable bonds is 5. The van der Waals surface area contributed by atoms with Crippen LogP contribution in [0.15, 0.2) is 48.7 Å². The fourth-order valence-corrected chi connectivity index (χ4v) is 2.22. The van der Waals surface area contributed by atoms with E-state index in [0.29, 0.717) is 11.6 Å². The molecular formula is C17H21N3O. The molecule has 110 valence electrons. The van der Waals surface area contributed by atoms with E-state index in [1.165, 1.54) is 0 Å². The molecule has 2 aromatic rings. The summed E-state index contributed by atoms with van der Waals surface area (Å²) in [5.41, 5.74) is 8.03. The number of hydrogen-bond acceptors (Lipinski definition) is 3. The molecule has 2 rings (SSSR count). The van der Waals surface area contributed by atoms with E-state index >= 15 is 0 Å². The topological polar surface area (TPSA) is 68.0 Å². The van der Waals surface area contributed by atoms with Crippen molar-refractivity contribution in [2.75, 3.05) is 5.73 Å². The Bertz CT molecular complexity index is 579. The second-order valence-electron chi connectivity index (χ2n) is 5.46. The second kappa shape index (κ2) is 6.88. The number of nitrogens with one attached hydrogen (secondary N) is 1. The Balaban J connectivity index is 2.03. The number of carbonyl (C=O) groups is 1. The Morgan fingerprint density at radius 2 is 1.90 bits per heavy atom. The van der Waals surface area contributed by atoms with Crippen LogP contribution in [0.1, 0.15) is 31.1 Å². The van der Waals surface area contributed by atoms with Crippen molar-refractivity contribution in [1.82, 2.24) is 10.3 Å². The van der Waals surface area contributed by atoms with Gasteiger partial charge in [-0.1, -0.05) is 44.2 Å². The smallest absolute Gasteiger partial charge is 0.226 e. The molecule has 0 fully saturated rings. The van der Waals surface area contributed by atoms with Gasteiger partial charge in [0.15, 0.2) is 0 Å². The summed E-state index contributed by atoms with van der Waals surface area (Å²) < 4.78 is 0. The molecule has 4 heteroatoms. The molecule has 1 aromatic heterocycles. The number of hydrogen-bond donors (Lipinski definition) is 2. The van der Waals surface area contributed by atoms with Gasteiger partial charge >= 0.3 is 0 Å². The fraction of sp³-hybridized carbons (Fsp3) is 0.294. The Labute approximate surface area is 125 Å². The number of anilines is 1. The molecule has 1 atom stereocenters. The minimum atomic E-state index is -0.0326. The SMILES string of the molecule is CC(C)C(NC(=O)Cc1ccc(N)cn1)c1ccccc1. The van der Waals surface area contributed by atoms with Crippen LogP contribution in [0.5, 0.6) is 0 Å². The zero-order valence-corrected chi connectivity index (χ0v) is 12.4. The molecule has 0 spiro atoms. The van der Waals surface area contributed by atoms with Gasteiger partial charge in [0.1, 0.15) is 0 Å². The normalized spacial score (nSPS) is 12.1. The molecule has 4 nitrogen and oxygen atoms in total. The highest BCUT2D eigenvalue weighted by Crippen LogP contribution is 2.21. The Hall–Kier alpha value is -2.36. The summed E-state index contributed by atoms with van der Waals surface area (Å²) in [4.78, 5) is 16.4. The van der Waals surface area contributed by atoms with E-state index in [-0.39, 0.29) is 18.4 Å². The third-order valence-electron chi connectivity index (χ3n) is 3.33. The summed E-state index contributed by atoms with van der Waals surface area (Å²) in [6, 6.07) is 13.6. The third kappa shape index (κ3) is 4.31. The van der Waals surface area contributed by atoms with Crippen molar-refractivity contribution in [1.29, 1.82) is 0 Å². The number of pyridine rings is 1. The van der Waals surface area contributed by atoms with Crippen LogP contribution in [0.4, 0.5) is 5.69 Å². The second-order valence-corrected chi connectivity index (χ2v) is 5.46. The highest BCUT2D eigenvalue weighted by Gasteiger charge is 2.18. The molecule has 0 saturated carbocycles. The van der Waals surface area contributed by atoms with E-state index in [1.54, 1.807) is 18.3 Å². The maximum absolute atomic E-state index is 12.2. The molecule has 3 N–H and O–H groups in total. The van der Waals surface area contributed by atoms with Crippen molar-refractivity contribution in [3.8, 4) is 0 Å². The van der Waals surface area contributed by atoms with Gasteiger partial charge in [0.2, 0.25) is 5.91 Å². The molecule has 1 aromatic carbocycles. The molecule has 1 unspecified atom stereocenters. The quantitative estimate of drug-likeness (QED) is 0.886. The first-order chi connectivity index (χ1) is 10.1. The van der Waals surface area contributed by atoms with Crippen LogP contribution in [0.3, 0.4) is 0 Å². The third-order valence-corrected chi connectivity index (χ3v) is 3.33. The van der Waals surface area contributed by atoms with Gasteiger partial charge in [0.25, 0.3) is 0 Å². The van der Waals surface area contributed by atoms with Crippen molar-refractivity contribution in [3.63, 3.8) is 0 Å². The lowest BCUT2D eigenvalue weighted by Gasteiger charge is -2.23. The molecule has 0 saturated heterocycles. The average Bonchev–Trinajstić information content (AvgIpc) is 2.48. The first-order valence-corrected chi connectivity index (χ1v) is 7.11. The molecule has 1 amide bonds. The van der Waals surface area contributed by atoms with Gasteiger partial charge in [-0.2, -0.15) is 0 Å². The van der Waals surface area contributed by atoms with Crippen molar-refractivity contribution < 1.29 is 4.79 Å². The summed E-state index contributed by atoms with van der Waals surface area (Å²) in [5, 5.41) is 3.09. The monoisotopic (exact) mass is 283 g/mol. The number of carbonyl (C=O) groups excluding carboxylic acids is 1. The van der Waals surface area contributed by atoms with Gasteiger partial charge in [0, 0.05) is 5.69 Å². The highest BCUT2D eigenvalue weighted by molar-refractivity contribution is 5.78. The summed E-state index contributed by atoms with van der Waals surface area (Å²) >= 11 is 0. The summed E-state index contributed by atoms with van der Waals surface area (Å²) in [6.07, 6.45) is 1.83. The first-order valence-electron chi connectivity index (χ1n) is 7.11. The number of nitrogens with zero attached hydrogens (tertiary/aromatic N) is 1. The Morgan fingerprint density at radius 1 is 1.19 bits per heavy atom. The van der Waals surface area contributed by atoms with Gasteiger partial charge in [-0.05, 0) is 23.6 Å². The van der Waals surface area contributed by atoms with Gasteiger partial charge in [-0.25, -0.2) is 0 Å². The lowest BCUT2D eigenvalue weighted by molar-refractivity contribution is -0.121. The number of nitrogen functional groups attached to an aromatic ring is 1. The van der Waals surface area contributed by atoms with Crippen LogP contribution in [0.25, 0.3) is 0 Å². The molecule has 0 aliphatic heterocycles. The number of amides is 1. The minimum Gasteiger partial charge on any atom is -0.397 e. The lowest BCUT2D eigenvalue weighted by Crippen LogP contribution is -2.33. The molecule has 0 bridgehead atoms. The van der Waals surface area contributed by atoms with Gasteiger partial charge in [-0.3, -0.25) is 9.78 Å². The van der Waals surface area contributed by atoms with Crippen molar-refractivity contribution in [3.05, 3.63) is 59.9 Å². The van der Waals surface area contributed by atoms with E-state index in [4.69, 9.17) is 5.73 Å². The number of nitrogens with two attached hydrogens (primary N) is 1. The highest BCUT2D eigenvalue weighted by atomic mass is 16.1. The summed E-state index contributed by atoms with van der Waals surface area (Å²) in [6.45, 7) is 4.19. The van der Waals surface area contributed by atoms with Crippen LogP contribution in [0.2, 0.25) is 0 Å². The van der Waals surface area contributed by atoms with Crippen molar-refractivity contribution >= 4 is 11.6 Å². The van der Waals surface area contributed by atoms with E-state index < -0.39 is 0 Å². The minimum absolute atomic E-state index is 0.00693. The van der Waals surface area contributed by atoms with Gasteiger partial charge in [0.05, 0.1) is 24.3 Å². The van der Waals surface area contributed by atoms with E-state index in [1.807, 2.05) is 30.3 Å². The van der Waals surface area contributed by atoms with E-state index in [9.17, 15) is 4.79 Å². The zero-order chi connectivity index (χ0) is 15.2. The molecule has 1 heterocycles. The van der Waals surface area contributed by atoms with Gasteiger partial charge in [-0.15, -0.1) is 0 Å². The van der Waals surface area contributed by atoms with Gasteiger partial charge < -0.3 is 11.1 Å². The molecule has 0 radical (unpaired) electrons. The Morgan fingerprint density at radius 3 is 2.48 bits per heavy atom. The first kappa shape index (κ1) is 15.0.